The summed E-state index contributed by atoms with van der Waals surface area (Å²) in [5, 5.41) is 19.8. The SMILES string of the molecule is CC(F)(F)CCCCNC(=N)NC#N. The van der Waals surface area contributed by atoms with E-state index in [1.54, 1.807) is 6.19 Å². The van der Waals surface area contributed by atoms with Gasteiger partial charge in [-0.25, -0.2) is 8.78 Å². The van der Waals surface area contributed by atoms with E-state index in [0.29, 0.717) is 19.4 Å². The molecule has 0 bridgehead atoms. The Hall–Kier alpha value is -1.38. The number of hydrogen-bond donors (Lipinski definition) is 3. The van der Waals surface area contributed by atoms with E-state index in [0.717, 1.165) is 6.92 Å². The number of rotatable bonds is 5. The van der Waals surface area contributed by atoms with Crippen molar-refractivity contribution in [1.29, 1.82) is 10.7 Å². The number of guanidine groups is 1. The highest BCUT2D eigenvalue weighted by atomic mass is 19.3. The Morgan fingerprint density at radius 2 is 2.14 bits per heavy atom. The summed E-state index contributed by atoms with van der Waals surface area (Å²) in [5.74, 6) is -2.71. The predicted octanol–water partition coefficient (Wildman–Crippen LogP) is 1.41. The predicted molar refractivity (Wildman–Crippen MR) is 49.0 cm³/mol. The first-order chi connectivity index (χ1) is 6.45. The van der Waals surface area contributed by atoms with Crippen molar-refractivity contribution in [2.45, 2.75) is 32.1 Å². The van der Waals surface area contributed by atoms with E-state index in [2.05, 4.69) is 10.6 Å². The molecule has 3 N–H and O–H groups in total. The smallest absolute Gasteiger partial charge is 0.245 e. The Morgan fingerprint density at radius 1 is 1.50 bits per heavy atom. The second-order valence-corrected chi connectivity index (χ2v) is 3.07. The van der Waals surface area contributed by atoms with Crippen LogP contribution in [0.2, 0.25) is 0 Å². The lowest BCUT2D eigenvalue weighted by molar-refractivity contribution is 0.0106. The average Bonchev–Trinajstić information content (AvgIpc) is 2.02. The Kier molecular flexibility index (Phi) is 5.53. The van der Waals surface area contributed by atoms with E-state index < -0.39 is 5.92 Å². The van der Waals surface area contributed by atoms with Crippen LogP contribution < -0.4 is 10.6 Å². The number of hydrogen-bond acceptors (Lipinski definition) is 2. The molecule has 0 aromatic rings. The molecule has 6 heteroatoms. The zero-order valence-electron chi connectivity index (χ0n) is 8.03. The third-order valence-electron chi connectivity index (χ3n) is 1.53. The van der Waals surface area contributed by atoms with Crippen molar-refractivity contribution >= 4 is 5.96 Å². The molecule has 0 heterocycles. The lowest BCUT2D eigenvalue weighted by Crippen LogP contribution is -2.33. The van der Waals surface area contributed by atoms with E-state index in [1.165, 1.54) is 0 Å². The maximum Gasteiger partial charge on any atom is 0.245 e. The maximum absolute atomic E-state index is 12.3. The van der Waals surface area contributed by atoms with Gasteiger partial charge in [-0.1, -0.05) is 0 Å². The van der Waals surface area contributed by atoms with Crippen molar-refractivity contribution in [1.82, 2.24) is 10.6 Å². The van der Waals surface area contributed by atoms with E-state index in [4.69, 9.17) is 10.7 Å². The lowest BCUT2D eigenvalue weighted by atomic mass is 10.1. The van der Waals surface area contributed by atoms with Gasteiger partial charge in [0, 0.05) is 13.0 Å². The van der Waals surface area contributed by atoms with Crippen LogP contribution in [0.3, 0.4) is 0 Å². The molecule has 0 radical (unpaired) electrons. The number of nitrogens with one attached hydrogen (secondary N) is 3. The molecule has 14 heavy (non-hydrogen) atoms. The normalized spacial score (nSPS) is 10.4. The number of nitrogens with zero attached hydrogens (tertiary/aromatic N) is 1. The first-order valence-corrected chi connectivity index (χ1v) is 4.31. The fourth-order valence-corrected chi connectivity index (χ4v) is 0.874. The topological polar surface area (TPSA) is 71.7 Å². The fourth-order valence-electron chi connectivity index (χ4n) is 0.874. The van der Waals surface area contributed by atoms with Crippen LogP contribution in [-0.4, -0.2) is 18.4 Å². The first kappa shape index (κ1) is 12.6. The van der Waals surface area contributed by atoms with Crippen molar-refractivity contribution in [2.75, 3.05) is 6.54 Å². The summed E-state index contributed by atoms with van der Waals surface area (Å²) in [6.45, 7) is 1.31. The summed E-state index contributed by atoms with van der Waals surface area (Å²) < 4.78 is 24.6. The van der Waals surface area contributed by atoms with Gasteiger partial charge < -0.3 is 5.32 Å². The molecule has 0 saturated carbocycles. The van der Waals surface area contributed by atoms with Crippen molar-refractivity contribution in [3.63, 3.8) is 0 Å². The van der Waals surface area contributed by atoms with Gasteiger partial charge in [0.05, 0.1) is 0 Å². The Balaban J connectivity index is 3.31. The van der Waals surface area contributed by atoms with E-state index >= 15 is 0 Å². The Labute approximate surface area is 81.8 Å². The van der Waals surface area contributed by atoms with Gasteiger partial charge in [0.1, 0.15) is 0 Å². The molecular weight excluding hydrogens is 190 g/mol. The summed E-state index contributed by atoms with van der Waals surface area (Å²) in [7, 11) is 0. The minimum Gasteiger partial charge on any atom is -0.356 e. The van der Waals surface area contributed by atoms with Gasteiger partial charge in [0.15, 0.2) is 6.19 Å². The number of unbranched alkanes of at least 4 members (excludes halogenated alkanes) is 1. The van der Waals surface area contributed by atoms with Crippen LogP contribution in [0.25, 0.3) is 0 Å². The highest BCUT2D eigenvalue weighted by Gasteiger charge is 2.19. The molecule has 0 spiro atoms. The molecule has 80 valence electrons. The summed E-state index contributed by atoms with van der Waals surface area (Å²) >= 11 is 0. The molecule has 4 nitrogen and oxygen atoms in total. The molecule has 0 fully saturated rings. The molecule has 0 unspecified atom stereocenters. The van der Waals surface area contributed by atoms with Gasteiger partial charge in [0.2, 0.25) is 11.9 Å². The van der Waals surface area contributed by atoms with E-state index in [1.807, 2.05) is 0 Å². The molecule has 0 aromatic heterocycles. The molecule has 0 saturated heterocycles. The molecule has 0 amide bonds. The lowest BCUT2D eigenvalue weighted by Gasteiger charge is -2.09. The van der Waals surface area contributed by atoms with Gasteiger partial charge >= 0.3 is 0 Å². The van der Waals surface area contributed by atoms with Crippen LogP contribution in [-0.2, 0) is 0 Å². The summed E-state index contributed by atoms with van der Waals surface area (Å²) in [5.41, 5.74) is 0. The van der Waals surface area contributed by atoms with Crippen LogP contribution in [0.15, 0.2) is 0 Å². The van der Waals surface area contributed by atoms with Crippen molar-refractivity contribution in [2.24, 2.45) is 0 Å². The molecule has 0 aliphatic heterocycles. The van der Waals surface area contributed by atoms with E-state index in [9.17, 15) is 8.78 Å². The highest BCUT2D eigenvalue weighted by Crippen LogP contribution is 2.19. The van der Waals surface area contributed by atoms with Crippen LogP contribution in [0.1, 0.15) is 26.2 Å². The van der Waals surface area contributed by atoms with Crippen LogP contribution in [0.5, 0.6) is 0 Å². The third-order valence-corrected chi connectivity index (χ3v) is 1.53. The molecule has 0 aromatic carbocycles. The van der Waals surface area contributed by atoms with Gasteiger partial charge in [-0.2, -0.15) is 5.26 Å². The first-order valence-electron chi connectivity index (χ1n) is 4.31. The zero-order valence-corrected chi connectivity index (χ0v) is 8.03. The Morgan fingerprint density at radius 3 is 2.64 bits per heavy atom. The third kappa shape index (κ3) is 8.71. The number of halogens is 2. The second-order valence-electron chi connectivity index (χ2n) is 3.07. The van der Waals surface area contributed by atoms with Crippen LogP contribution in [0.4, 0.5) is 8.78 Å². The highest BCUT2D eigenvalue weighted by molar-refractivity contribution is 5.77. The largest absolute Gasteiger partial charge is 0.356 e. The molecular formula is C8H14F2N4. The number of nitriles is 1. The molecule has 0 atom stereocenters. The van der Waals surface area contributed by atoms with Gasteiger partial charge in [-0.05, 0) is 19.8 Å². The van der Waals surface area contributed by atoms with Crippen LogP contribution >= 0.6 is 0 Å². The summed E-state index contributed by atoms with van der Waals surface area (Å²) in [4.78, 5) is 0. The quantitative estimate of drug-likeness (QED) is 0.208. The standard InChI is InChI=1S/C8H14F2N4/c1-8(9,10)4-2-3-5-13-7(12)14-6-11/h2-5H2,1H3,(H3,12,13,14). The van der Waals surface area contributed by atoms with Gasteiger partial charge in [-0.15, -0.1) is 0 Å². The molecule has 0 aliphatic carbocycles. The summed E-state index contributed by atoms with van der Waals surface area (Å²) in [6, 6.07) is 0. The minimum absolute atomic E-state index is 0.101. The van der Waals surface area contributed by atoms with Crippen LogP contribution in [0, 0.1) is 16.9 Å². The zero-order chi connectivity index (χ0) is 11.0. The second kappa shape index (κ2) is 6.13. The monoisotopic (exact) mass is 204 g/mol. The van der Waals surface area contributed by atoms with Crippen molar-refractivity contribution in [3.8, 4) is 6.19 Å². The minimum atomic E-state index is -2.61. The van der Waals surface area contributed by atoms with Crippen molar-refractivity contribution < 1.29 is 8.78 Å². The van der Waals surface area contributed by atoms with Gasteiger partial charge in [0.25, 0.3) is 0 Å². The number of alkyl halides is 2. The summed E-state index contributed by atoms with van der Waals surface area (Å²) in [6.07, 6.45) is 2.38. The van der Waals surface area contributed by atoms with E-state index in [-0.39, 0.29) is 12.4 Å². The van der Waals surface area contributed by atoms with Gasteiger partial charge in [-0.3, -0.25) is 10.7 Å². The van der Waals surface area contributed by atoms with Crippen molar-refractivity contribution in [3.05, 3.63) is 0 Å². The fraction of sp³-hybridized carbons (Fsp3) is 0.750. The molecule has 0 rings (SSSR count). The maximum atomic E-state index is 12.3. The average molecular weight is 204 g/mol. The Bertz CT molecular complexity index is 216. The molecule has 0 aliphatic rings.